The Labute approximate surface area is 241 Å². The van der Waals surface area contributed by atoms with Gasteiger partial charge in [0.1, 0.15) is 12.2 Å². The summed E-state index contributed by atoms with van der Waals surface area (Å²) in [5.74, 6) is -1.18. The maximum atomic E-state index is 12.6. The van der Waals surface area contributed by atoms with Crippen LogP contribution in [-0.4, -0.2) is 75.3 Å². The molecule has 5 rings (SSSR count). The van der Waals surface area contributed by atoms with Gasteiger partial charge < -0.3 is 30.6 Å². The first-order valence-corrected chi connectivity index (χ1v) is 15.4. The zero-order valence-electron chi connectivity index (χ0n) is 24.3. The fourth-order valence-electron chi connectivity index (χ4n) is 9.46. The molecule has 4 saturated carbocycles. The fourth-order valence-corrected chi connectivity index (χ4v) is 9.46. The van der Waals surface area contributed by atoms with E-state index < -0.39 is 35.5 Å². The molecule has 1 amide bonds. The van der Waals surface area contributed by atoms with Crippen molar-refractivity contribution < 1.29 is 39.6 Å². The van der Waals surface area contributed by atoms with Crippen molar-refractivity contribution in [3.8, 4) is 0 Å². The molecule has 0 bridgehead atoms. The number of nitrogens with zero attached hydrogens (tertiary/aromatic N) is 1. The Balaban J connectivity index is 1.17. The molecule has 5 aliphatic carbocycles. The zero-order valence-corrected chi connectivity index (χ0v) is 24.3. The van der Waals surface area contributed by atoms with Crippen LogP contribution in [0.2, 0.25) is 0 Å². The standard InChI is InChI=1S/C31H46N2O8/c1-29-11-9-21(33-41-17-26(37)32-15-18-3-5-19(6-4-18)28(38)39)13-20(29)7-8-22-23-10-12-31(40,25(36)16-34)30(23,2)14-24(35)27(22)29/h13,18-19,22-24,27,34-35,40H,3-12,14-17H2,1-2H3,(H,32,37)(H,38,39)/b33-21-/t18?,19?,22?,23?,24?,27?,29-,30-,31-/m0/s1. The SMILES string of the molecule is C[C@]12CC/C(=N/OCC(=O)NCC3CCC(C(=O)O)CC3)C=C1CCC1C2C(O)C[C@@]2(C)C1CC[C@]2(O)C(=O)CO. The quantitative estimate of drug-likeness (QED) is 0.276. The van der Waals surface area contributed by atoms with Crippen LogP contribution in [0.4, 0.5) is 0 Å². The lowest BCUT2D eigenvalue weighted by Gasteiger charge is -2.60. The number of Topliss-reactive ketones (excluding diaryl/α,β-unsaturated/α-hetero) is 1. The Morgan fingerprint density at radius 3 is 2.49 bits per heavy atom. The highest BCUT2D eigenvalue weighted by Crippen LogP contribution is 2.67. The number of allylic oxidation sites excluding steroid dienone is 2. The lowest BCUT2D eigenvalue weighted by Crippen LogP contribution is -2.62. The van der Waals surface area contributed by atoms with Crippen LogP contribution in [0, 0.1) is 40.4 Å². The number of aliphatic carboxylic acids is 1. The summed E-state index contributed by atoms with van der Waals surface area (Å²) >= 11 is 0. The second kappa shape index (κ2) is 11.4. The van der Waals surface area contributed by atoms with Gasteiger partial charge in [-0.15, -0.1) is 0 Å². The van der Waals surface area contributed by atoms with Gasteiger partial charge in [-0.3, -0.25) is 14.4 Å². The monoisotopic (exact) mass is 574 g/mol. The number of carbonyl (C=O) groups is 3. The van der Waals surface area contributed by atoms with Gasteiger partial charge in [0, 0.05) is 12.0 Å². The van der Waals surface area contributed by atoms with Crippen molar-refractivity contribution in [2.75, 3.05) is 19.8 Å². The predicted molar refractivity (Wildman–Crippen MR) is 150 cm³/mol. The smallest absolute Gasteiger partial charge is 0.306 e. The summed E-state index contributed by atoms with van der Waals surface area (Å²) in [4.78, 5) is 41.4. The van der Waals surface area contributed by atoms with E-state index in [1.807, 2.05) is 6.92 Å². The summed E-state index contributed by atoms with van der Waals surface area (Å²) in [7, 11) is 0. The van der Waals surface area contributed by atoms with Gasteiger partial charge in [-0.1, -0.05) is 24.6 Å². The van der Waals surface area contributed by atoms with Crippen molar-refractivity contribution in [2.45, 2.75) is 96.2 Å². The number of aliphatic hydroxyl groups is 3. The van der Waals surface area contributed by atoms with Crippen LogP contribution in [0.15, 0.2) is 16.8 Å². The number of amides is 1. The summed E-state index contributed by atoms with van der Waals surface area (Å²) in [5, 5.41) is 48.7. The number of oxime groups is 1. The Kier molecular flexibility index (Phi) is 8.40. The van der Waals surface area contributed by atoms with E-state index in [4.69, 9.17) is 9.94 Å². The number of carboxylic acid groups (broad SMARTS) is 1. The minimum Gasteiger partial charge on any atom is -0.481 e. The molecule has 10 nitrogen and oxygen atoms in total. The van der Waals surface area contributed by atoms with Crippen LogP contribution >= 0.6 is 0 Å². The number of hydrogen-bond donors (Lipinski definition) is 5. The molecule has 5 aliphatic rings. The largest absolute Gasteiger partial charge is 0.481 e. The molecule has 0 aromatic heterocycles. The highest BCUT2D eigenvalue weighted by molar-refractivity contribution is 5.96. The average Bonchev–Trinajstić information content (AvgIpc) is 3.22. The molecule has 0 spiro atoms. The topological polar surface area (TPSA) is 166 Å². The first kappa shape index (κ1) is 30.2. The summed E-state index contributed by atoms with van der Waals surface area (Å²) < 4.78 is 0. The van der Waals surface area contributed by atoms with Gasteiger partial charge in [0.05, 0.1) is 17.7 Å². The minimum atomic E-state index is -1.59. The lowest BCUT2D eigenvalue weighted by molar-refractivity contribution is -0.181. The second-order valence-electron chi connectivity index (χ2n) is 13.8. The third-order valence-corrected chi connectivity index (χ3v) is 11.8. The Morgan fingerprint density at radius 2 is 1.80 bits per heavy atom. The number of hydrogen-bond acceptors (Lipinski definition) is 8. The van der Waals surface area contributed by atoms with Crippen LogP contribution in [0.5, 0.6) is 0 Å². The van der Waals surface area contributed by atoms with Gasteiger partial charge in [-0.2, -0.15) is 0 Å². The first-order chi connectivity index (χ1) is 19.4. The molecule has 4 fully saturated rings. The van der Waals surface area contributed by atoms with Crippen molar-refractivity contribution in [1.29, 1.82) is 0 Å². The number of nitrogens with one attached hydrogen (secondary N) is 1. The van der Waals surface area contributed by atoms with Gasteiger partial charge in [0.15, 0.2) is 12.4 Å². The normalized spacial score (nSPS) is 42.9. The highest BCUT2D eigenvalue weighted by Gasteiger charge is 2.68. The summed E-state index contributed by atoms with van der Waals surface area (Å²) in [6.07, 6.45) is 8.85. The maximum absolute atomic E-state index is 12.6. The van der Waals surface area contributed by atoms with Gasteiger partial charge in [-0.25, -0.2) is 0 Å². The van der Waals surface area contributed by atoms with Crippen molar-refractivity contribution in [1.82, 2.24) is 5.32 Å². The van der Waals surface area contributed by atoms with Crippen LogP contribution in [-0.2, 0) is 19.2 Å². The number of rotatable bonds is 8. The van der Waals surface area contributed by atoms with Crippen LogP contribution in [0.25, 0.3) is 0 Å². The molecule has 0 radical (unpaired) electrons. The van der Waals surface area contributed by atoms with Crippen molar-refractivity contribution >= 4 is 23.4 Å². The molecule has 10 heteroatoms. The van der Waals surface area contributed by atoms with Gasteiger partial charge in [0.2, 0.25) is 0 Å². The molecule has 0 aromatic rings. The van der Waals surface area contributed by atoms with Crippen molar-refractivity contribution in [3.05, 3.63) is 11.6 Å². The number of ketones is 1. The molecular formula is C31H46N2O8. The Bertz CT molecular complexity index is 1110. The fraction of sp³-hybridized carbons (Fsp3) is 0.806. The molecule has 0 aromatic carbocycles. The van der Waals surface area contributed by atoms with E-state index in [2.05, 4.69) is 23.5 Å². The van der Waals surface area contributed by atoms with Gasteiger partial charge in [0.25, 0.3) is 5.91 Å². The van der Waals surface area contributed by atoms with E-state index in [-0.39, 0.29) is 47.5 Å². The zero-order chi connectivity index (χ0) is 29.6. The summed E-state index contributed by atoms with van der Waals surface area (Å²) in [6.45, 7) is 3.80. The highest BCUT2D eigenvalue weighted by atomic mass is 16.6. The van der Waals surface area contributed by atoms with E-state index in [9.17, 15) is 29.7 Å². The van der Waals surface area contributed by atoms with E-state index in [1.165, 1.54) is 5.57 Å². The molecule has 41 heavy (non-hydrogen) atoms. The number of aliphatic hydroxyl groups excluding tert-OH is 2. The molecule has 5 N–H and O–H groups in total. The summed E-state index contributed by atoms with van der Waals surface area (Å²) in [6, 6.07) is 0. The lowest BCUT2D eigenvalue weighted by atomic mass is 9.45. The van der Waals surface area contributed by atoms with E-state index in [0.29, 0.717) is 45.1 Å². The molecule has 0 heterocycles. The maximum Gasteiger partial charge on any atom is 0.306 e. The van der Waals surface area contributed by atoms with Crippen LogP contribution in [0.3, 0.4) is 0 Å². The first-order valence-electron chi connectivity index (χ1n) is 15.4. The number of carboxylic acids is 1. The Hall–Kier alpha value is -2.30. The molecule has 0 saturated heterocycles. The molecule has 228 valence electrons. The third-order valence-electron chi connectivity index (χ3n) is 11.8. The Morgan fingerprint density at radius 1 is 1.07 bits per heavy atom. The minimum absolute atomic E-state index is 0.0194. The molecular weight excluding hydrogens is 528 g/mol. The average molecular weight is 575 g/mol. The number of fused-ring (bicyclic) bond motifs is 5. The van der Waals surface area contributed by atoms with Crippen molar-refractivity contribution in [2.24, 2.45) is 45.6 Å². The van der Waals surface area contributed by atoms with Gasteiger partial charge >= 0.3 is 5.97 Å². The van der Waals surface area contributed by atoms with Crippen LogP contribution in [0.1, 0.15) is 84.5 Å². The van der Waals surface area contributed by atoms with E-state index in [0.717, 1.165) is 37.8 Å². The predicted octanol–water partition coefficient (Wildman–Crippen LogP) is 2.59. The molecule has 7 atom stereocenters. The van der Waals surface area contributed by atoms with Crippen molar-refractivity contribution in [3.63, 3.8) is 0 Å². The second-order valence-corrected chi connectivity index (χ2v) is 13.8. The van der Waals surface area contributed by atoms with Gasteiger partial charge in [-0.05, 0) is 106 Å². The molecule has 4 unspecified atom stereocenters. The van der Waals surface area contributed by atoms with E-state index in [1.54, 1.807) is 0 Å². The van der Waals surface area contributed by atoms with E-state index >= 15 is 0 Å². The third kappa shape index (κ3) is 5.25. The van der Waals surface area contributed by atoms with Crippen LogP contribution < -0.4 is 5.32 Å². The summed E-state index contributed by atoms with van der Waals surface area (Å²) in [5.41, 5.74) is -0.545. The molecule has 0 aliphatic heterocycles. The number of carbonyl (C=O) groups excluding carboxylic acids is 2.